The van der Waals surface area contributed by atoms with E-state index in [0.29, 0.717) is 27.7 Å². The first-order valence-corrected chi connectivity index (χ1v) is 10.9. The van der Waals surface area contributed by atoms with E-state index in [1.54, 1.807) is 72.8 Å². The summed E-state index contributed by atoms with van der Waals surface area (Å²) in [5.74, 6) is -1.44. The van der Waals surface area contributed by atoms with E-state index < -0.39 is 17.8 Å². The summed E-state index contributed by atoms with van der Waals surface area (Å²) in [6.07, 6.45) is 1.39. The zero-order valence-electron chi connectivity index (χ0n) is 18.6. The van der Waals surface area contributed by atoms with Crippen LogP contribution in [-0.4, -0.2) is 30.4 Å². The molecule has 0 unspecified atom stereocenters. The van der Waals surface area contributed by atoms with Crippen molar-refractivity contribution < 1.29 is 23.9 Å². The topological polar surface area (TPSA) is 105 Å². The van der Waals surface area contributed by atoms with Crippen LogP contribution < -0.4 is 20.3 Å². The molecule has 3 aromatic carbocycles. The number of anilines is 2. The van der Waals surface area contributed by atoms with E-state index in [4.69, 9.17) is 16.3 Å². The summed E-state index contributed by atoms with van der Waals surface area (Å²) >= 11 is 6.07. The number of aryl methyl sites for hydroxylation is 1. The molecule has 0 aromatic heterocycles. The second-order valence-corrected chi connectivity index (χ2v) is 8.07. The summed E-state index contributed by atoms with van der Waals surface area (Å²) in [6, 6.07) is 19.2. The van der Waals surface area contributed by atoms with Gasteiger partial charge in [-0.3, -0.25) is 19.7 Å². The van der Waals surface area contributed by atoms with E-state index in [1.165, 1.54) is 6.08 Å². The highest BCUT2D eigenvalue weighted by atomic mass is 35.5. The Labute approximate surface area is 206 Å². The second-order valence-electron chi connectivity index (χ2n) is 7.66. The summed E-state index contributed by atoms with van der Waals surface area (Å²) in [5, 5.41) is 5.44. The van der Waals surface area contributed by atoms with Gasteiger partial charge in [0, 0.05) is 10.7 Å². The number of benzene rings is 3. The minimum atomic E-state index is -0.807. The Morgan fingerprint density at radius 2 is 1.74 bits per heavy atom. The molecule has 2 N–H and O–H groups in total. The quantitative estimate of drug-likeness (QED) is 0.396. The van der Waals surface area contributed by atoms with Crippen LogP contribution in [0.3, 0.4) is 0 Å². The Kier molecular flexibility index (Phi) is 6.93. The van der Waals surface area contributed by atoms with Crippen molar-refractivity contribution in [2.45, 2.75) is 6.92 Å². The highest BCUT2D eigenvalue weighted by molar-refractivity contribution is 6.39. The van der Waals surface area contributed by atoms with Crippen molar-refractivity contribution in [1.82, 2.24) is 5.32 Å². The van der Waals surface area contributed by atoms with Crippen molar-refractivity contribution in [2.24, 2.45) is 0 Å². The van der Waals surface area contributed by atoms with Gasteiger partial charge >= 0.3 is 6.03 Å². The van der Waals surface area contributed by atoms with Gasteiger partial charge in [-0.05, 0) is 60.5 Å². The fourth-order valence-corrected chi connectivity index (χ4v) is 3.49. The maximum atomic E-state index is 12.9. The Hall–Kier alpha value is -4.43. The molecule has 9 heteroatoms. The van der Waals surface area contributed by atoms with Gasteiger partial charge in [-0.1, -0.05) is 48.0 Å². The number of halogens is 1. The molecule has 1 aliphatic heterocycles. The second kappa shape index (κ2) is 10.2. The fourth-order valence-electron chi connectivity index (χ4n) is 3.31. The molecule has 0 radical (unpaired) electrons. The molecule has 1 saturated heterocycles. The summed E-state index contributed by atoms with van der Waals surface area (Å²) in [7, 11) is 0. The minimum absolute atomic E-state index is 0.182. The zero-order chi connectivity index (χ0) is 24.9. The SMILES string of the molecule is Cc1ccc(NC(=O)COc2ccc(/C=C3/C(=O)NC(=O)N(c4ccccc4)C3=O)cc2)cc1Cl. The molecule has 0 spiro atoms. The van der Waals surface area contributed by atoms with Gasteiger partial charge in [0.2, 0.25) is 0 Å². The predicted molar refractivity (Wildman–Crippen MR) is 132 cm³/mol. The maximum absolute atomic E-state index is 12.9. The van der Waals surface area contributed by atoms with Crippen molar-refractivity contribution >= 4 is 52.8 Å². The van der Waals surface area contributed by atoms with Gasteiger partial charge in [-0.15, -0.1) is 0 Å². The number of carbonyl (C=O) groups excluding carboxylic acids is 4. The molecule has 0 atom stereocenters. The number of carbonyl (C=O) groups is 4. The summed E-state index contributed by atoms with van der Waals surface area (Å²) < 4.78 is 5.51. The van der Waals surface area contributed by atoms with Gasteiger partial charge in [0.05, 0.1) is 5.69 Å². The van der Waals surface area contributed by atoms with Crippen molar-refractivity contribution in [1.29, 1.82) is 0 Å². The van der Waals surface area contributed by atoms with E-state index >= 15 is 0 Å². The van der Waals surface area contributed by atoms with Crippen LogP contribution in [0.4, 0.5) is 16.2 Å². The van der Waals surface area contributed by atoms with Crippen molar-refractivity contribution in [3.05, 3.63) is 94.5 Å². The molecule has 1 aliphatic rings. The van der Waals surface area contributed by atoms with Crippen LogP contribution in [0.25, 0.3) is 6.08 Å². The number of ether oxygens (including phenoxy) is 1. The van der Waals surface area contributed by atoms with Crippen LogP contribution in [0.15, 0.2) is 78.4 Å². The number of nitrogens with zero attached hydrogens (tertiary/aromatic N) is 1. The third kappa shape index (κ3) is 5.56. The molecule has 5 amide bonds. The molecular weight excluding hydrogens is 470 g/mol. The Morgan fingerprint density at radius 3 is 2.43 bits per heavy atom. The average Bonchev–Trinajstić information content (AvgIpc) is 2.84. The molecule has 3 aromatic rings. The summed E-state index contributed by atoms with van der Waals surface area (Å²) in [6.45, 7) is 1.65. The molecule has 35 heavy (non-hydrogen) atoms. The highest BCUT2D eigenvalue weighted by Gasteiger charge is 2.36. The van der Waals surface area contributed by atoms with E-state index in [0.717, 1.165) is 10.5 Å². The monoisotopic (exact) mass is 489 g/mol. The lowest BCUT2D eigenvalue weighted by Gasteiger charge is -2.26. The lowest BCUT2D eigenvalue weighted by Crippen LogP contribution is -2.54. The van der Waals surface area contributed by atoms with Crippen molar-refractivity contribution in [3.8, 4) is 5.75 Å². The number of nitrogens with one attached hydrogen (secondary N) is 2. The molecule has 1 fully saturated rings. The zero-order valence-corrected chi connectivity index (χ0v) is 19.3. The van der Waals surface area contributed by atoms with Gasteiger partial charge in [-0.25, -0.2) is 9.69 Å². The smallest absolute Gasteiger partial charge is 0.335 e. The predicted octanol–water partition coefficient (Wildman–Crippen LogP) is 4.33. The van der Waals surface area contributed by atoms with Crippen LogP contribution >= 0.6 is 11.6 Å². The standard InChI is InChI=1S/C26H20ClN3O5/c1-16-7-10-18(14-22(16)27)28-23(31)15-35-20-11-8-17(9-12-20)13-21-24(32)29-26(34)30(25(21)33)19-5-3-2-4-6-19/h2-14H,15H2,1H3,(H,28,31)(H,29,32,34)/b21-13-. The van der Waals surface area contributed by atoms with Gasteiger partial charge < -0.3 is 10.1 Å². The van der Waals surface area contributed by atoms with Crippen LogP contribution in [0, 0.1) is 6.92 Å². The number of hydrogen-bond acceptors (Lipinski definition) is 5. The maximum Gasteiger partial charge on any atom is 0.335 e. The molecule has 4 rings (SSSR count). The average molecular weight is 490 g/mol. The molecule has 1 heterocycles. The van der Waals surface area contributed by atoms with Crippen LogP contribution in [0.1, 0.15) is 11.1 Å². The van der Waals surface area contributed by atoms with E-state index in [-0.39, 0.29) is 18.1 Å². The fraction of sp³-hybridized carbons (Fsp3) is 0.0769. The van der Waals surface area contributed by atoms with Crippen molar-refractivity contribution in [2.75, 3.05) is 16.8 Å². The van der Waals surface area contributed by atoms with E-state index in [2.05, 4.69) is 10.6 Å². The first kappa shape index (κ1) is 23.7. The van der Waals surface area contributed by atoms with Gasteiger partial charge in [0.1, 0.15) is 11.3 Å². The van der Waals surface area contributed by atoms with Crippen LogP contribution in [0.2, 0.25) is 5.02 Å². The first-order valence-electron chi connectivity index (χ1n) is 10.6. The minimum Gasteiger partial charge on any atom is -0.484 e. The van der Waals surface area contributed by atoms with Crippen molar-refractivity contribution in [3.63, 3.8) is 0 Å². The largest absolute Gasteiger partial charge is 0.484 e. The number of rotatable bonds is 6. The number of amides is 5. The van der Waals surface area contributed by atoms with Gasteiger partial charge in [0.15, 0.2) is 6.61 Å². The molecule has 176 valence electrons. The molecule has 8 nitrogen and oxygen atoms in total. The van der Waals surface area contributed by atoms with E-state index in [1.807, 2.05) is 6.92 Å². The number of urea groups is 1. The van der Waals surface area contributed by atoms with E-state index in [9.17, 15) is 19.2 Å². The van der Waals surface area contributed by atoms with Crippen LogP contribution in [0.5, 0.6) is 5.75 Å². The lowest BCUT2D eigenvalue weighted by molar-refractivity contribution is -0.122. The molecule has 0 aliphatic carbocycles. The molecule has 0 saturated carbocycles. The number of barbiturate groups is 1. The summed E-state index contributed by atoms with van der Waals surface area (Å²) in [4.78, 5) is 50.5. The Bertz CT molecular complexity index is 1340. The molecular formula is C26H20ClN3O5. The van der Waals surface area contributed by atoms with Gasteiger partial charge in [-0.2, -0.15) is 0 Å². The van der Waals surface area contributed by atoms with Gasteiger partial charge in [0.25, 0.3) is 17.7 Å². The third-order valence-corrected chi connectivity index (χ3v) is 5.54. The third-order valence-electron chi connectivity index (χ3n) is 5.13. The first-order chi connectivity index (χ1) is 16.8. The lowest BCUT2D eigenvalue weighted by atomic mass is 10.1. The molecule has 0 bridgehead atoms. The normalized spacial score (nSPS) is 14.6. The summed E-state index contributed by atoms with van der Waals surface area (Å²) in [5.41, 5.74) is 2.18. The number of para-hydroxylation sites is 1. The number of imide groups is 2. The highest BCUT2D eigenvalue weighted by Crippen LogP contribution is 2.23. The number of hydrogen-bond donors (Lipinski definition) is 2. The Balaban J connectivity index is 1.41. The van der Waals surface area contributed by atoms with Crippen LogP contribution in [-0.2, 0) is 14.4 Å². The Morgan fingerprint density at radius 1 is 1.03 bits per heavy atom.